The van der Waals surface area contributed by atoms with Crippen LogP contribution in [0.25, 0.3) is 0 Å². The van der Waals surface area contributed by atoms with Gasteiger partial charge in [0.2, 0.25) is 0 Å². The highest BCUT2D eigenvalue weighted by Gasteiger charge is 1.83. The summed E-state index contributed by atoms with van der Waals surface area (Å²) in [7, 11) is 0. The number of aromatic nitrogens is 1. The van der Waals surface area contributed by atoms with Gasteiger partial charge >= 0.3 is 0 Å². The molecule has 0 atom stereocenters. The molecule has 2 aromatic rings. The normalized spacial score (nSPS) is 9.00. The zero-order chi connectivity index (χ0) is 11.1. The van der Waals surface area contributed by atoms with Crippen molar-refractivity contribution in [2.75, 3.05) is 0 Å². The fourth-order valence-corrected chi connectivity index (χ4v) is 0.981. The molecule has 1 nitrogen and oxygen atoms in total. The van der Waals surface area contributed by atoms with E-state index in [2.05, 4.69) is 4.98 Å². The van der Waals surface area contributed by atoms with E-state index in [1.54, 1.807) is 18.3 Å². The number of aryl methyl sites for hydroxylation is 2. The Kier molecular flexibility index (Phi) is 4.48. The van der Waals surface area contributed by atoms with Crippen molar-refractivity contribution in [1.29, 1.82) is 0 Å². The van der Waals surface area contributed by atoms with Crippen LogP contribution in [0.4, 0.5) is 4.39 Å². The molecule has 1 aromatic heterocycles. The van der Waals surface area contributed by atoms with Crippen LogP contribution in [0.2, 0.25) is 0 Å². The van der Waals surface area contributed by atoms with Crippen LogP contribution >= 0.6 is 0 Å². The molecular weight excluding hydrogens is 189 g/mol. The van der Waals surface area contributed by atoms with E-state index in [0.717, 1.165) is 11.3 Å². The molecule has 78 valence electrons. The highest BCUT2D eigenvalue weighted by molar-refractivity contribution is 5.13. The van der Waals surface area contributed by atoms with Crippen molar-refractivity contribution in [2.45, 2.75) is 13.8 Å². The summed E-state index contributed by atoms with van der Waals surface area (Å²) in [5, 5.41) is 0. The summed E-state index contributed by atoms with van der Waals surface area (Å²) in [4.78, 5) is 3.98. The van der Waals surface area contributed by atoms with Gasteiger partial charge in [-0.15, -0.1) is 0 Å². The van der Waals surface area contributed by atoms with Gasteiger partial charge in [0.1, 0.15) is 5.82 Å². The average molecular weight is 203 g/mol. The van der Waals surface area contributed by atoms with Crippen LogP contribution in [-0.4, -0.2) is 4.98 Å². The fraction of sp³-hybridized carbons (Fsp3) is 0.154. The smallest absolute Gasteiger partial charge is 0.123 e. The van der Waals surface area contributed by atoms with Crippen LogP contribution in [0.3, 0.4) is 0 Å². The van der Waals surface area contributed by atoms with Gasteiger partial charge in [-0.25, -0.2) is 4.39 Å². The highest BCUT2D eigenvalue weighted by Crippen LogP contribution is 1.98. The van der Waals surface area contributed by atoms with Gasteiger partial charge in [0.25, 0.3) is 0 Å². The van der Waals surface area contributed by atoms with Gasteiger partial charge < -0.3 is 0 Å². The van der Waals surface area contributed by atoms with Crippen molar-refractivity contribution in [3.63, 3.8) is 0 Å². The van der Waals surface area contributed by atoms with Gasteiger partial charge in [-0.05, 0) is 38.1 Å². The molecule has 1 heterocycles. The lowest BCUT2D eigenvalue weighted by Gasteiger charge is -1.87. The van der Waals surface area contributed by atoms with E-state index in [1.165, 1.54) is 12.1 Å². The number of rotatable bonds is 0. The van der Waals surface area contributed by atoms with Gasteiger partial charge in [0.15, 0.2) is 0 Å². The third-order valence-corrected chi connectivity index (χ3v) is 1.82. The number of pyridine rings is 1. The number of halogens is 1. The quantitative estimate of drug-likeness (QED) is 0.638. The lowest BCUT2D eigenvalue weighted by atomic mass is 10.2. The van der Waals surface area contributed by atoms with Crippen LogP contribution in [0, 0.1) is 19.7 Å². The Morgan fingerprint density at radius 2 is 1.60 bits per heavy atom. The first-order valence-corrected chi connectivity index (χ1v) is 4.78. The molecule has 0 radical (unpaired) electrons. The van der Waals surface area contributed by atoms with Crippen molar-refractivity contribution >= 4 is 0 Å². The fourth-order valence-electron chi connectivity index (χ4n) is 0.981. The summed E-state index contributed by atoms with van der Waals surface area (Å²) in [6.45, 7) is 3.90. The van der Waals surface area contributed by atoms with Gasteiger partial charge in [0, 0.05) is 11.9 Å². The molecule has 0 aliphatic heterocycles. The number of hydrogen-bond donors (Lipinski definition) is 0. The summed E-state index contributed by atoms with van der Waals surface area (Å²) in [5.41, 5.74) is 2.16. The van der Waals surface area contributed by atoms with E-state index in [1.807, 2.05) is 32.0 Å². The molecule has 0 saturated carbocycles. The van der Waals surface area contributed by atoms with E-state index in [4.69, 9.17) is 0 Å². The predicted octanol–water partition coefficient (Wildman–Crippen LogP) is 3.52. The first-order chi connectivity index (χ1) is 7.18. The molecule has 0 unspecified atom stereocenters. The molecule has 2 heteroatoms. The zero-order valence-electron chi connectivity index (χ0n) is 8.94. The highest BCUT2D eigenvalue weighted by atomic mass is 19.1. The Hall–Kier alpha value is -1.70. The number of hydrogen-bond acceptors (Lipinski definition) is 1. The minimum Gasteiger partial charge on any atom is -0.262 e. The average Bonchev–Trinajstić information content (AvgIpc) is 2.25. The molecule has 0 amide bonds. The lowest BCUT2D eigenvalue weighted by Crippen LogP contribution is -1.72. The Bertz CT molecular complexity index is 360. The predicted molar refractivity (Wildman–Crippen MR) is 60.1 cm³/mol. The summed E-state index contributed by atoms with van der Waals surface area (Å²) >= 11 is 0. The molecule has 1 aromatic carbocycles. The Morgan fingerprint density at radius 1 is 0.933 bits per heavy atom. The van der Waals surface area contributed by atoms with E-state index in [0.29, 0.717) is 0 Å². The second-order valence-electron chi connectivity index (χ2n) is 3.27. The van der Waals surface area contributed by atoms with Gasteiger partial charge in [-0.3, -0.25) is 4.98 Å². The van der Waals surface area contributed by atoms with Crippen molar-refractivity contribution in [1.82, 2.24) is 4.98 Å². The Morgan fingerprint density at radius 3 is 1.93 bits per heavy atom. The van der Waals surface area contributed by atoms with E-state index in [-0.39, 0.29) is 5.82 Å². The van der Waals surface area contributed by atoms with E-state index in [9.17, 15) is 4.39 Å². The minimum atomic E-state index is -0.171. The topological polar surface area (TPSA) is 12.9 Å². The van der Waals surface area contributed by atoms with Crippen LogP contribution < -0.4 is 0 Å². The third-order valence-electron chi connectivity index (χ3n) is 1.82. The summed E-state index contributed by atoms with van der Waals surface area (Å²) in [5.74, 6) is -0.171. The third kappa shape index (κ3) is 4.91. The van der Waals surface area contributed by atoms with Crippen LogP contribution in [0.1, 0.15) is 11.3 Å². The second-order valence-corrected chi connectivity index (χ2v) is 3.27. The maximum Gasteiger partial charge on any atom is 0.123 e. The molecule has 0 N–H and O–H groups in total. The van der Waals surface area contributed by atoms with Crippen molar-refractivity contribution in [3.05, 3.63) is 65.7 Å². The summed E-state index contributed by atoms with van der Waals surface area (Å²) in [6.07, 6.45) is 1.79. The van der Waals surface area contributed by atoms with Crippen molar-refractivity contribution in [2.24, 2.45) is 0 Å². The van der Waals surface area contributed by atoms with Crippen LogP contribution in [0.15, 0.2) is 48.7 Å². The lowest BCUT2D eigenvalue weighted by molar-refractivity contribution is 0.627. The monoisotopic (exact) mass is 203 g/mol. The van der Waals surface area contributed by atoms with Crippen molar-refractivity contribution in [3.8, 4) is 0 Å². The van der Waals surface area contributed by atoms with Crippen molar-refractivity contribution < 1.29 is 4.39 Å². The Balaban J connectivity index is 0.000000151. The SMILES string of the molecule is Cc1ccc(F)cc1.Cc1ccccn1. The van der Waals surface area contributed by atoms with Gasteiger partial charge in [-0.2, -0.15) is 0 Å². The summed E-state index contributed by atoms with van der Waals surface area (Å²) < 4.78 is 12.1. The number of nitrogens with zero attached hydrogens (tertiary/aromatic N) is 1. The molecule has 0 aliphatic rings. The molecule has 2 rings (SSSR count). The van der Waals surface area contributed by atoms with Crippen LogP contribution in [0.5, 0.6) is 0 Å². The largest absolute Gasteiger partial charge is 0.262 e. The van der Waals surface area contributed by atoms with Crippen LogP contribution in [-0.2, 0) is 0 Å². The zero-order valence-corrected chi connectivity index (χ0v) is 8.94. The molecule has 0 aliphatic carbocycles. The second kappa shape index (κ2) is 5.91. The summed E-state index contributed by atoms with van der Waals surface area (Å²) in [6, 6.07) is 12.3. The first kappa shape index (κ1) is 11.4. The molecule has 0 bridgehead atoms. The molecular formula is C13H14FN. The Labute approximate surface area is 89.6 Å². The maximum absolute atomic E-state index is 12.1. The van der Waals surface area contributed by atoms with Gasteiger partial charge in [0.05, 0.1) is 0 Å². The van der Waals surface area contributed by atoms with E-state index >= 15 is 0 Å². The van der Waals surface area contributed by atoms with E-state index < -0.39 is 0 Å². The minimum absolute atomic E-state index is 0.171. The maximum atomic E-state index is 12.1. The molecule has 0 spiro atoms. The van der Waals surface area contributed by atoms with Gasteiger partial charge in [-0.1, -0.05) is 23.8 Å². The molecule has 0 saturated heterocycles. The number of benzene rings is 1. The molecule has 0 fully saturated rings. The standard InChI is InChI=1S/C7H7F.C6H7N/c1-6-2-4-7(8)5-3-6;1-6-4-2-3-5-7-6/h2-5H,1H3;2-5H,1H3. The first-order valence-electron chi connectivity index (χ1n) is 4.78. The molecule has 15 heavy (non-hydrogen) atoms.